The van der Waals surface area contributed by atoms with E-state index >= 15 is 0 Å². The number of nitrogen functional groups attached to an aromatic ring is 1. The van der Waals surface area contributed by atoms with Gasteiger partial charge in [0, 0.05) is 25.6 Å². The second kappa shape index (κ2) is 13.9. The highest BCUT2D eigenvalue weighted by Crippen LogP contribution is 2.36. The Morgan fingerprint density at radius 3 is 2.60 bits per heavy atom. The van der Waals surface area contributed by atoms with Gasteiger partial charge in [-0.15, -0.1) is 0 Å². The van der Waals surface area contributed by atoms with Gasteiger partial charge >= 0.3 is 6.09 Å². The Labute approximate surface area is 254 Å². The van der Waals surface area contributed by atoms with Crippen LogP contribution in [0.2, 0.25) is 0 Å². The summed E-state index contributed by atoms with van der Waals surface area (Å²) in [6, 6.07) is 0.282. The minimum Gasteiger partial charge on any atom is -0.446 e. The Bertz CT molecular complexity index is 1340. The summed E-state index contributed by atoms with van der Waals surface area (Å²) in [5, 5.41) is 2.99. The van der Waals surface area contributed by atoms with Crippen LogP contribution in [-0.2, 0) is 21.0 Å². The first-order chi connectivity index (χ1) is 20.7. The van der Waals surface area contributed by atoms with Gasteiger partial charge in [0.1, 0.15) is 24.5 Å². The molecule has 3 aliphatic rings. The lowest BCUT2D eigenvalue weighted by atomic mass is 9.75. The number of nitrogens with zero attached hydrogens (tertiary/aromatic N) is 5. The van der Waals surface area contributed by atoms with E-state index in [4.69, 9.17) is 15.2 Å². The number of nitrogens with two attached hydrogens (primary N) is 1. The number of likely N-dealkylation sites (tertiary alicyclic amines) is 1. The lowest BCUT2D eigenvalue weighted by Gasteiger charge is -2.38. The van der Waals surface area contributed by atoms with Gasteiger partial charge in [0.25, 0.3) is 0 Å². The molecule has 1 saturated heterocycles. The molecule has 2 aromatic rings. The van der Waals surface area contributed by atoms with Crippen LogP contribution in [0.1, 0.15) is 91.3 Å². The molecule has 5 rings (SSSR count). The third-order valence-corrected chi connectivity index (χ3v) is 9.17. The number of carbonyl (C=O) groups excluding carboxylic acids is 2. The molecule has 0 aromatic carbocycles. The van der Waals surface area contributed by atoms with E-state index in [1.165, 1.54) is 6.42 Å². The number of hydrogen-bond donors (Lipinski definition) is 2. The van der Waals surface area contributed by atoms with Crippen molar-refractivity contribution in [2.75, 3.05) is 18.8 Å². The molecule has 3 N–H and O–H groups in total. The molecule has 2 aromatic heterocycles. The van der Waals surface area contributed by atoms with Gasteiger partial charge in [-0.25, -0.2) is 19.7 Å². The molecular weight excluding hydrogens is 546 g/mol. The Hall–Kier alpha value is -3.39. The van der Waals surface area contributed by atoms with Gasteiger partial charge in [-0.2, -0.15) is 0 Å². The summed E-state index contributed by atoms with van der Waals surface area (Å²) < 4.78 is 13.7. The number of piperidine rings is 1. The standard InChI is InChI=1S/C32H47N7O4/c1-5-25(31(40)35-23-10-11-23)42-19-39-18-34-28-29(33)36-27(37-30(28)39)8-6-7-22-13-15-38(16-14-22)32(41)43-26-17-21(4)9-12-24(26)20(2)3/h18,20-26H,5,7,9-17,19H2,1-4H3,(H,35,40)(H2,33,36,37). The zero-order chi connectivity index (χ0) is 30.5. The molecule has 2 saturated carbocycles. The van der Waals surface area contributed by atoms with Crippen molar-refractivity contribution in [3.8, 4) is 11.8 Å². The third kappa shape index (κ3) is 7.96. The van der Waals surface area contributed by atoms with E-state index in [1.54, 1.807) is 10.9 Å². The molecule has 4 unspecified atom stereocenters. The first-order valence-corrected chi connectivity index (χ1v) is 16.1. The quantitative estimate of drug-likeness (QED) is 0.406. The first kappa shape index (κ1) is 31.0. The summed E-state index contributed by atoms with van der Waals surface area (Å²) in [7, 11) is 0. The molecule has 4 atom stereocenters. The van der Waals surface area contributed by atoms with Crippen molar-refractivity contribution in [2.45, 2.75) is 110 Å². The van der Waals surface area contributed by atoms with Crippen molar-refractivity contribution in [1.29, 1.82) is 0 Å². The minimum absolute atomic E-state index is 0.0207. The third-order valence-electron chi connectivity index (χ3n) is 9.17. The van der Waals surface area contributed by atoms with Crippen LogP contribution in [0, 0.1) is 35.5 Å². The zero-order valence-electron chi connectivity index (χ0n) is 26.1. The Morgan fingerprint density at radius 2 is 1.91 bits per heavy atom. The number of aromatic nitrogens is 4. The molecule has 3 fully saturated rings. The summed E-state index contributed by atoms with van der Waals surface area (Å²) in [6.07, 6.45) is 9.30. The predicted octanol–water partition coefficient (Wildman–Crippen LogP) is 4.49. The van der Waals surface area contributed by atoms with Crippen molar-refractivity contribution in [3.63, 3.8) is 0 Å². The highest BCUT2D eigenvalue weighted by atomic mass is 16.6. The average molecular weight is 594 g/mol. The van der Waals surface area contributed by atoms with Crippen molar-refractivity contribution < 1.29 is 19.1 Å². The number of fused-ring (bicyclic) bond motifs is 1. The molecule has 2 aliphatic carbocycles. The number of anilines is 1. The molecule has 11 nitrogen and oxygen atoms in total. The summed E-state index contributed by atoms with van der Waals surface area (Å²) in [5.41, 5.74) is 7.17. The van der Waals surface area contributed by atoms with E-state index in [0.29, 0.717) is 66.6 Å². The van der Waals surface area contributed by atoms with Gasteiger partial charge < -0.3 is 25.4 Å². The van der Waals surface area contributed by atoms with Crippen molar-refractivity contribution in [1.82, 2.24) is 29.7 Å². The lowest BCUT2D eigenvalue weighted by Crippen LogP contribution is -2.43. The number of ether oxygens (including phenoxy) is 2. The first-order valence-electron chi connectivity index (χ1n) is 16.1. The molecule has 0 radical (unpaired) electrons. The smallest absolute Gasteiger partial charge is 0.410 e. The van der Waals surface area contributed by atoms with Crippen LogP contribution in [0.5, 0.6) is 0 Å². The zero-order valence-corrected chi connectivity index (χ0v) is 26.1. The number of amides is 2. The largest absolute Gasteiger partial charge is 0.446 e. The maximum absolute atomic E-state index is 13.0. The fourth-order valence-electron chi connectivity index (χ4n) is 6.24. The van der Waals surface area contributed by atoms with E-state index in [9.17, 15) is 9.59 Å². The Balaban J connectivity index is 1.13. The van der Waals surface area contributed by atoms with Crippen molar-refractivity contribution in [2.24, 2.45) is 23.7 Å². The molecule has 234 valence electrons. The lowest BCUT2D eigenvalue weighted by molar-refractivity contribution is -0.135. The van der Waals surface area contributed by atoms with Gasteiger partial charge in [0.15, 0.2) is 11.5 Å². The summed E-state index contributed by atoms with van der Waals surface area (Å²) >= 11 is 0. The topological polar surface area (TPSA) is 137 Å². The Morgan fingerprint density at radius 1 is 1.14 bits per heavy atom. The van der Waals surface area contributed by atoms with Crippen LogP contribution in [0.25, 0.3) is 11.2 Å². The number of rotatable bonds is 9. The number of hydrogen-bond acceptors (Lipinski definition) is 8. The van der Waals surface area contributed by atoms with Crippen LogP contribution in [0.3, 0.4) is 0 Å². The molecule has 11 heteroatoms. The number of nitrogens with one attached hydrogen (secondary N) is 1. The fourth-order valence-corrected chi connectivity index (χ4v) is 6.24. The van der Waals surface area contributed by atoms with E-state index < -0.39 is 6.10 Å². The number of imidazole rings is 1. The van der Waals surface area contributed by atoms with Gasteiger partial charge in [-0.1, -0.05) is 40.0 Å². The van der Waals surface area contributed by atoms with Gasteiger partial charge in [0.2, 0.25) is 11.7 Å². The summed E-state index contributed by atoms with van der Waals surface area (Å²) in [6.45, 7) is 10.1. The second-order valence-corrected chi connectivity index (χ2v) is 13.0. The van der Waals surface area contributed by atoms with Crippen LogP contribution in [-0.4, -0.2) is 67.8 Å². The summed E-state index contributed by atoms with van der Waals surface area (Å²) in [4.78, 5) is 40.5. The fraction of sp³-hybridized carbons (Fsp3) is 0.719. The van der Waals surface area contributed by atoms with Gasteiger partial charge in [0.05, 0.1) is 6.33 Å². The molecule has 0 spiro atoms. The van der Waals surface area contributed by atoms with Crippen LogP contribution in [0.4, 0.5) is 10.6 Å². The van der Waals surface area contributed by atoms with E-state index in [2.05, 4.69) is 52.9 Å². The highest BCUT2D eigenvalue weighted by Gasteiger charge is 2.35. The van der Waals surface area contributed by atoms with Crippen molar-refractivity contribution in [3.05, 3.63) is 12.2 Å². The van der Waals surface area contributed by atoms with Crippen LogP contribution < -0.4 is 11.1 Å². The average Bonchev–Trinajstić information content (AvgIpc) is 3.70. The predicted molar refractivity (Wildman–Crippen MR) is 163 cm³/mol. The second-order valence-electron chi connectivity index (χ2n) is 13.0. The molecule has 43 heavy (non-hydrogen) atoms. The molecular formula is C32H47N7O4. The van der Waals surface area contributed by atoms with Crippen molar-refractivity contribution >= 4 is 29.0 Å². The molecule has 3 heterocycles. The summed E-state index contributed by atoms with van der Waals surface area (Å²) in [5.74, 6) is 8.74. The minimum atomic E-state index is -0.544. The van der Waals surface area contributed by atoms with Crippen LogP contribution >= 0.6 is 0 Å². The maximum atomic E-state index is 13.0. The molecule has 2 amide bonds. The maximum Gasteiger partial charge on any atom is 0.410 e. The van der Waals surface area contributed by atoms with E-state index in [1.807, 2.05) is 11.8 Å². The van der Waals surface area contributed by atoms with Gasteiger partial charge in [-0.3, -0.25) is 9.36 Å². The van der Waals surface area contributed by atoms with E-state index in [0.717, 1.165) is 38.5 Å². The monoisotopic (exact) mass is 593 g/mol. The van der Waals surface area contributed by atoms with Crippen LogP contribution in [0.15, 0.2) is 6.33 Å². The number of carbonyl (C=O) groups is 2. The molecule has 1 aliphatic heterocycles. The Kier molecular flexibility index (Phi) is 10.1. The van der Waals surface area contributed by atoms with Gasteiger partial charge in [-0.05, 0) is 74.5 Å². The normalized spacial score (nSPS) is 23.6. The highest BCUT2D eigenvalue weighted by molar-refractivity contribution is 5.82. The molecule has 0 bridgehead atoms. The van der Waals surface area contributed by atoms with E-state index in [-0.39, 0.29) is 36.7 Å². The SMILES string of the molecule is CCC(OCn1cnc2c(N)nc(C#CCC3CCN(C(=O)OC4CC(C)CCC4C(C)C)CC3)nc21)C(=O)NC1CC1.